The number of nitrogens with zero attached hydrogens (tertiary/aromatic N) is 2. The number of sulfonamides is 1. The van der Waals surface area contributed by atoms with Gasteiger partial charge in [-0.15, -0.1) is 0 Å². The molecule has 1 aromatic heterocycles. The summed E-state index contributed by atoms with van der Waals surface area (Å²) in [5, 5.41) is 3.32. The second-order valence-electron chi connectivity index (χ2n) is 4.28. The first-order valence-corrected chi connectivity index (χ1v) is 8.06. The van der Waals surface area contributed by atoms with Gasteiger partial charge < -0.3 is 9.88 Å². The highest BCUT2D eigenvalue weighted by Gasteiger charge is 2.03. The standard InChI is InChI=1S/C11H22N4O2S/c1-3-5-12-8-11-9-13-10-15(11)7-4-6-14-18(2,16)17/h9-10,12,14H,3-8H2,1-2H3. The van der Waals surface area contributed by atoms with E-state index in [0.717, 1.165) is 38.2 Å². The molecule has 0 aliphatic rings. The monoisotopic (exact) mass is 274 g/mol. The molecular formula is C11H22N4O2S. The smallest absolute Gasteiger partial charge is 0.208 e. The molecule has 2 N–H and O–H groups in total. The number of rotatable bonds is 9. The van der Waals surface area contributed by atoms with E-state index in [4.69, 9.17) is 0 Å². The topological polar surface area (TPSA) is 76.0 Å². The van der Waals surface area contributed by atoms with Gasteiger partial charge in [0.05, 0.1) is 18.3 Å². The molecule has 0 bridgehead atoms. The highest BCUT2D eigenvalue weighted by molar-refractivity contribution is 7.88. The lowest BCUT2D eigenvalue weighted by Crippen LogP contribution is -2.24. The van der Waals surface area contributed by atoms with Crippen LogP contribution < -0.4 is 10.0 Å². The molecule has 0 aliphatic heterocycles. The van der Waals surface area contributed by atoms with E-state index < -0.39 is 10.0 Å². The second-order valence-corrected chi connectivity index (χ2v) is 6.11. The third kappa shape index (κ3) is 6.13. The zero-order valence-electron chi connectivity index (χ0n) is 11.0. The van der Waals surface area contributed by atoms with Gasteiger partial charge in [0, 0.05) is 25.8 Å². The van der Waals surface area contributed by atoms with Crippen molar-refractivity contribution in [2.24, 2.45) is 0 Å². The van der Waals surface area contributed by atoms with Crippen LogP contribution in [0.2, 0.25) is 0 Å². The summed E-state index contributed by atoms with van der Waals surface area (Å²) in [5.74, 6) is 0. The van der Waals surface area contributed by atoms with E-state index in [-0.39, 0.29) is 0 Å². The van der Waals surface area contributed by atoms with Gasteiger partial charge in [-0.25, -0.2) is 18.1 Å². The van der Waals surface area contributed by atoms with Crippen molar-refractivity contribution in [2.45, 2.75) is 32.9 Å². The van der Waals surface area contributed by atoms with Crippen LogP contribution in [-0.2, 0) is 23.1 Å². The van der Waals surface area contributed by atoms with Crippen LogP contribution in [0.3, 0.4) is 0 Å². The lowest BCUT2D eigenvalue weighted by molar-refractivity contribution is 0.562. The minimum absolute atomic E-state index is 0.457. The molecule has 18 heavy (non-hydrogen) atoms. The molecule has 0 fully saturated rings. The molecule has 0 radical (unpaired) electrons. The summed E-state index contributed by atoms with van der Waals surface area (Å²) < 4.78 is 26.3. The second kappa shape index (κ2) is 7.50. The maximum atomic E-state index is 10.9. The molecular weight excluding hydrogens is 252 g/mol. The average Bonchev–Trinajstić information content (AvgIpc) is 2.71. The Morgan fingerprint density at radius 2 is 2.17 bits per heavy atom. The van der Waals surface area contributed by atoms with E-state index in [1.165, 1.54) is 6.26 Å². The highest BCUT2D eigenvalue weighted by Crippen LogP contribution is 2.00. The van der Waals surface area contributed by atoms with Crippen molar-refractivity contribution >= 4 is 10.0 Å². The normalized spacial score (nSPS) is 11.9. The Morgan fingerprint density at radius 1 is 1.39 bits per heavy atom. The summed E-state index contributed by atoms with van der Waals surface area (Å²) in [6.45, 7) is 5.14. The van der Waals surface area contributed by atoms with Crippen LogP contribution >= 0.6 is 0 Å². The molecule has 0 amide bonds. The van der Waals surface area contributed by atoms with E-state index in [0.29, 0.717) is 6.54 Å². The number of aromatic nitrogens is 2. The molecule has 1 heterocycles. The highest BCUT2D eigenvalue weighted by atomic mass is 32.2. The summed E-state index contributed by atoms with van der Waals surface area (Å²) in [6.07, 6.45) is 6.65. The number of aryl methyl sites for hydroxylation is 1. The molecule has 0 aliphatic carbocycles. The van der Waals surface area contributed by atoms with E-state index >= 15 is 0 Å². The number of hydrogen-bond acceptors (Lipinski definition) is 4. The fraction of sp³-hybridized carbons (Fsp3) is 0.727. The summed E-state index contributed by atoms with van der Waals surface area (Å²) >= 11 is 0. The summed E-state index contributed by atoms with van der Waals surface area (Å²) in [4.78, 5) is 4.11. The quantitative estimate of drug-likeness (QED) is 0.636. The SMILES string of the molecule is CCCNCc1cncn1CCCNS(C)(=O)=O. The maximum Gasteiger partial charge on any atom is 0.208 e. The van der Waals surface area contributed by atoms with Gasteiger partial charge in [0.15, 0.2) is 0 Å². The van der Waals surface area contributed by atoms with Crippen LogP contribution in [-0.4, -0.2) is 37.3 Å². The first-order chi connectivity index (χ1) is 8.53. The average molecular weight is 274 g/mol. The van der Waals surface area contributed by atoms with Gasteiger partial charge in [-0.05, 0) is 19.4 Å². The fourth-order valence-electron chi connectivity index (χ4n) is 1.60. The van der Waals surface area contributed by atoms with E-state index in [1.54, 1.807) is 6.33 Å². The van der Waals surface area contributed by atoms with E-state index in [2.05, 4.69) is 21.9 Å². The molecule has 1 rings (SSSR count). The van der Waals surface area contributed by atoms with Crippen LogP contribution in [0.4, 0.5) is 0 Å². The molecule has 0 saturated heterocycles. The summed E-state index contributed by atoms with van der Waals surface area (Å²) in [6, 6.07) is 0. The van der Waals surface area contributed by atoms with Crippen molar-refractivity contribution in [1.29, 1.82) is 0 Å². The Labute approximate surface area is 109 Å². The Morgan fingerprint density at radius 3 is 2.83 bits per heavy atom. The maximum absolute atomic E-state index is 10.9. The molecule has 0 aromatic carbocycles. The van der Waals surface area contributed by atoms with Gasteiger partial charge in [0.25, 0.3) is 0 Å². The number of nitrogens with one attached hydrogen (secondary N) is 2. The predicted octanol–water partition coefficient (Wildman–Crippen LogP) is 0.322. The Hall–Kier alpha value is -0.920. The van der Waals surface area contributed by atoms with Crippen molar-refractivity contribution in [1.82, 2.24) is 19.6 Å². The minimum atomic E-state index is -3.08. The van der Waals surface area contributed by atoms with Gasteiger partial charge in [0.2, 0.25) is 10.0 Å². The first-order valence-electron chi connectivity index (χ1n) is 6.17. The first kappa shape index (κ1) is 15.1. The minimum Gasteiger partial charge on any atom is -0.333 e. The molecule has 0 unspecified atom stereocenters. The lowest BCUT2D eigenvalue weighted by atomic mass is 10.4. The molecule has 1 aromatic rings. The molecule has 7 heteroatoms. The Kier molecular flexibility index (Phi) is 6.31. The van der Waals surface area contributed by atoms with Crippen molar-refractivity contribution in [3.63, 3.8) is 0 Å². The molecule has 104 valence electrons. The van der Waals surface area contributed by atoms with Gasteiger partial charge in [0.1, 0.15) is 0 Å². The van der Waals surface area contributed by atoms with Crippen molar-refractivity contribution in [2.75, 3.05) is 19.3 Å². The van der Waals surface area contributed by atoms with Crippen LogP contribution in [0.5, 0.6) is 0 Å². The van der Waals surface area contributed by atoms with E-state index in [9.17, 15) is 8.42 Å². The van der Waals surface area contributed by atoms with Crippen molar-refractivity contribution < 1.29 is 8.42 Å². The summed E-state index contributed by atoms with van der Waals surface area (Å²) in [5.41, 5.74) is 1.13. The zero-order chi connectivity index (χ0) is 13.4. The van der Waals surface area contributed by atoms with Crippen LogP contribution in [0.15, 0.2) is 12.5 Å². The Bertz CT molecular complexity index is 442. The van der Waals surface area contributed by atoms with E-state index in [1.807, 2.05) is 10.8 Å². The van der Waals surface area contributed by atoms with Gasteiger partial charge >= 0.3 is 0 Å². The fourth-order valence-corrected chi connectivity index (χ4v) is 2.11. The Balaban J connectivity index is 2.31. The predicted molar refractivity (Wildman–Crippen MR) is 71.7 cm³/mol. The largest absolute Gasteiger partial charge is 0.333 e. The van der Waals surface area contributed by atoms with Crippen molar-refractivity contribution in [3.05, 3.63) is 18.2 Å². The summed E-state index contributed by atoms with van der Waals surface area (Å²) in [7, 11) is -3.08. The number of hydrogen-bond donors (Lipinski definition) is 2. The third-order valence-electron chi connectivity index (χ3n) is 2.47. The van der Waals surface area contributed by atoms with Gasteiger partial charge in [-0.2, -0.15) is 0 Å². The van der Waals surface area contributed by atoms with Crippen LogP contribution in [0.1, 0.15) is 25.5 Å². The van der Waals surface area contributed by atoms with Crippen molar-refractivity contribution in [3.8, 4) is 0 Å². The molecule has 0 saturated carbocycles. The molecule has 6 nitrogen and oxygen atoms in total. The zero-order valence-corrected chi connectivity index (χ0v) is 11.8. The van der Waals surface area contributed by atoms with Gasteiger partial charge in [-0.1, -0.05) is 6.92 Å². The van der Waals surface area contributed by atoms with Crippen LogP contribution in [0, 0.1) is 0 Å². The number of imidazole rings is 1. The molecule has 0 atom stereocenters. The van der Waals surface area contributed by atoms with Crippen LogP contribution in [0.25, 0.3) is 0 Å². The molecule has 0 spiro atoms. The lowest BCUT2D eigenvalue weighted by Gasteiger charge is -2.09. The third-order valence-corrected chi connectivity index (χ3v) is 3.20. The van der Waals surface area contributed by atoms with Gasteiger partial charge in [-0.3, -0.25) is 0 Å².